The van der Waals surface area contributed by atoms with Crippen LogP contribution in [0, 0.1) is 0 Å². The standard InChI is InChI=1S/C14H20N4O/c1-17(2)7-8-18(3)14(19)12-9-10-5-4-6-11(15)13(10)16-12/h4-6,9,16H,7-8,15H2,1-3H3. The van der Waals surface area contributed by atoms with Crippen molar-refractivity contribution in [2.24, 2.45) is 0 Å². The topological polar surface area (TPSA) is 65.4 Å². The molecule has 102 valence electrons. The van der Waals surface area contributed by atoms with E-state index in [1.165, 1.54) is 0 Å². The van der Waals surface area contributed by atoms with Gasteiger partial charge in [0.05, 0.1) is 11.2 Å². The summed E-state index contributed by atoms with van der Waals surface area (Å²) in [5, 5.41) is 0.962. The lowest BCUT2D eigenvalue weighted by atomic mass is 10.2. The summed E-state index contributed by atoms with van der Waals surface area (Å²) in [6, 6.07) is 7.50. The molecular weight excluding hydrogens is 240 g/mol. The van der Waals surface area contributed by atoms with Gasteiger partial charge in [-0.1, -0.05) is 12.1 Å². The number of carbonyl (C=O) groups excluding carboxylic acids is 1. The van der Waals surface area contributed by atoms with Crippen molar-refractivity contribution >= 4 is 22.5 Å². The van der Waals surface area contributed by atoms with Crippen LogP contribution in [0.1, 0.15) is 10.5 Å². The SMILES string of the molecule is CN(C)CCN(C)C(=O)c1cc2cccc(N)c2[nH]1. The highest BCUT2D eigenvalue weighted by molar-refractivity contribution is 6.00. The van der Waals surface area contributed by atoms with Crippen LogP contribution in [-0.4, -0.2) is 54.9 Å². The highest BCUT2D eigenvalue weighted by Crippen LogP contribution is 2.21. The molecule has 0 aliphatic rings. The number of nitrogen functional groups attached to an aromatic ring is 1. The molecule has 0 saturated carbocycles. The molecule has 5 heteroatoms. The predicted octanol–water partition coefficient (Wildman–Crippen LogP) is 1.38. The van der Waals surface area contributed by atoms with Crippen molar-refractivity contribution in [2.45, 2.75) is 0 Å². The minimum atomic E-state index is -0.0162. The van der Waals surface area contributed by atoms with E-state index in [-0.39, 0.29) is 5.91 Å². The van der Waals surface area contributed by atoms with Crippen LogP contribution >= 0.6 is 0 Å². The van der Waals surface area contributed by atoms with Gasteiger partial charge >= 0.3 is 0 Å². The fourth-order valence-corrected chi connectivity index (χ4v) is 1.95. The van der Waals surface area contributed by atoms with Gasteiger partial charge < -0.3 is 20.5 Å². The lowest BCUT2D eigenvalue weighted by Gasteiger charge is -2.18. The van der Waals surface area contributed by atoms with E-state index in [1.807, 2.05) is 43.3 Å². The summed E-state index contributed by atoms with van der Waals surface area (Å²) < 4.78 is 0. The third-order valence-electron chi connectivity index (χ3n) is 3.15. The van der Waals surface area contributed by atoms with Gasteiger partial charge in [0.25, 0.3) is 5.91 Å². The van der Waals surface area contributed by atoms with E-state index < -0.39 is 0 Å². The molecule has 0 unspecified atom stereocenters. The lowest BCUT2D eigenvalue weighted by Crippen LogP contribution is -2.33. The van der Waals surface area contributed by atoms with Gasteiger partial charge in [-0.15, -0.1) is 0 Å². The van der Waals surface area contributed by atoms with Gasteiger partial charge in [0.15, 0.2) is 0 Å². The molecule has 5 nitrogen and oxygen atoms in total. The number of amides is 1. The van der Waals surface area contributed by atoms with Crippen LogP contribution in [0.25, 0.3) is 10.9 Å². The number of anilines is 1. The van der Waals surface area contributed by atoms with Crippen LogP contribution in [0.4, 0.5) is 5.69 Å². The Morgan fingerprint density at radius 1 is 1.26 bits per heavy atom. The molecule has 2 aromatic rings. The van der Waals surface area contributed by atoms with Crippen molar-refractivity contribution in [3.8, 4) is 0 Å². The van der Waals surface area contributed by atoms with Crippen molar-refractivity contribution in [1.29, 1.82) is 0 Å². The van der Waals surface area contributed by atoms with E-state index in [9.17, 15) is 4.79 Å². The molecule has 0 saturated heterocycles. The van der Waals surface area contributed by atoms with Crippen molar-refractivity contribution < 1.29 is 4.79 Å². The number of carbonyl (C=O) groups is 1. The smallest absolute Gasteiger partial charge is 0.270 e. The van der Waals surface area contributed by atoms with E-state index in [0.29, 0.717) is 17.9 Å². The molecule has 0 atom stereocenters. The number of H-pyrrole nitrogens is 1. The maximum absolute atomic E-state index is 12.3. The number of hydrogen-bond acceptors (Lipinski definition) is 3. The second kappa shape index (κ2) is 5.32. The molecule has 3 N–H and O–H groups in total. The Bertz CT molecular complexity index is 588. The van der Waals surface area contributed by atoms with E-state index >= 15 is 0 Å². The van der Waals surface area contributed by atoms with Crippen LogP contribution in [0.5, 0.6) is 0 Å². The van der Waals surface area contributed by atoms with Gasteiger partial charge in [-0.3, -0.25) is 4.79 Å². The van der Waals surface area contributed by atoms with Gasteiger partial charge in [-0.05, 0) is 26.2 Å². The summed E-state index contributed by atoms with van der Waals surface area (Å²) in [5.74, 6) is -0.0162. The largest absolute Gasteiger partial charge is 0.397 e. The summed E-state index contributed by atoms with van der Waals surface area (Å²) in [5.41, 5.74) is 7.94. The van der Waals surface area contributed by atoms with Crippen molar-refractivity contribution in [3.63, 3.8) is 0 Å². The molecule has 0 aliphatic heterocycles. The number of nitrogens with zero attached hydrogens (tertiary/aromatic N) is 2. The van der Waals surface area contributed by atoms with Crippen LogP contribution in [0.3, 0.4) is 0 Å². The van der Waals surface area contributed by atoms with Gasteiger partial charge in [0.2, 0.25) is 0 Å². The number of nitrogens with two attached hydrogens (primary N) is 1. The molecular formula is C14H20N4O. The minimum absolute atomic E-state index is 0.0162. The highest BCUT2D eigenvalue weighted by atomic mass is 16.2. The van der Waals surface area contributed by atoms with Gasteiger partial charge in [0, 0.05) is 25.5 Å². The summed E-state index contributed by atoms with van der Waals surface area (Å²) in [6.45, 7) is 1.53. The maximum atomic E-state index is 12.3. The van der Waals surface area contributed by atoms with Crippen molar-refractivity contribution in [3.05, 3.63) is 30.0 Å². The lowest BCUT2D eigenvalue weighted by molar-refractivity contribution is 0.0781. The maximum Gasteiger partial charge on any atom is 0.270 e. The first-order valence-corrected chi connectivity index (χ1v) is 6.26. The number of benzene rings is 1. The Hall–Kier alpha value is -2.01. The minimum Gasteiger partial charge on any atom is -0.397 e. The molecule has 0 radical (unpaired) electrons. The molecule has 1 aromatic heterocycles. The van der Waals surface area contributed by atoms with Gasteiger partial charge in [0.1, 0.15) is 5.69 Å². The first-order chi connectivity index (χ1) is 8.99. The number of rotatable bonds is 4. The zero-order valence-electron chi connectivity index (χ0n) is 11.6. The Morgan fingerprint density at radius 3 is 2.63 bits per heavy atom. The first-order valence-electron chi connectivity index (χ1n) is 6.26. The third-order valence-corrected chi connectivity index (χ3v) is 3.15. The molecule has 0 spiro atoms. The molecule has 19 heavy (non-hydrogen) atoms. The number of para-hydroxylation sites is 1. The number of aromatic nitrogens is 1. The molecule has 1 aromatic carbocycles. The Kier molecular flexibility index (Phi) is 3.76. The number of likely N-dealkylation sites (N-methyl/N-ethyl adjacent to an activating group) is 2. The van der Waals surface area contributed by atoms with Gasteiger partial charge in [-0.25, -0.2) is 0 Å². The normalized spacial score (nSPS) is 11.2. The van der Waals surface area contributed by atoms with E-state index in [4.69, 9.17) is 5.73 Å². The second-order valence-corrected chi connectivity index (χ2v) is 5.02. The molecule has 0 fully saturated rings. The monoisotopic (exact) mass is 260 g/mol. The second-order valence-electron chi connectivity index (χ2n) is 5.02. The molecule has 1 heterocycles. The first kappa shape index (κ1) is 13.4. The summed E-state index contributed by atoms with van der Waals surface area (Å²) >= 11 is 0. The van der Waals surface area contributed by atoms with Crippen LogP contribution in [0.15, 0.2) is 24.3 Å². The zero-order valence-corrected chi connectivity index (χ0v) is 11.6. The summed E-state index contributed by atoms with van der Waals surface area (Å²) in [7, 11) is 5.78. The van der Waals surface area contributed by atoms with Crippen LogP contribution in [-0.2, 0) is 0 Å². The predicted molar refractivity (Wildman–Crippen MR) is 78.2 cm³/mol. The fourth-order valence-electron chi connectivity index (χ4n) is 1.95. The Balaban J connectivity index is 2.19. The average Bonchev–Trinajstić information content (AvgIpc) is 2.80. The number of aromatic amines is 1. The van der Waals surface area contributed by atoms with Gasteiger partial charge in [-0.2, -0.15) is 0 Å². The highest BCUT2D eigenvalue weighted by Gasteiger charge is 2.14. The van der Waals surface area contributed by atoms with Crippen molar-refractivity contribution in [1.82, 2.24) is 14.8 Å². The quantitative estimate of drug-likeness (QED) is 0.816. The van der Waals surface area contributed by atoms with Crippen LogP contribution < -0.4 is 5.73 Å². The van der Waals surface area contributed by atoms with Crippen molar-refractivity contribution in [2.75, 3.05) is 40.0 Å². The van der Waals surface area contributed by atoms with E-state index in [2.05, 4.69) is 4.98 Å². The number of fused-ring (bicyclic) bond motifs is 1. The molecule has 1 amide bonds. The summed E-state index contributed by atoms with van der Waals surface area (Å²) in [4.78, 5) is 19.1. The number of hydrogen-bond donors (Lipinski definition) is 2. The Morgan fingerprint density at radius 2 is 2.00 bits per heavy atom. The molecule has 0 bridgehead atoms. The average molecular weight is 260 g/mol. The van der Waals surface area contributed by atoms with E-state index in [1.54, 1.807) is 11.9 Å². The molecule has 2 rings (SSSR count). The third kappa shape index (κ3) is 2.88. The van der Waals surface area contributed by atoms with E-state index in [0.717, 1.165) is 17.4 Å². The number of nitrogens with one attached hydrogen (secondary N) is 1. The Labute approximate surface area is 113 Å². The zero-order chi connectivity index (χ0) is 14.0. The van der Waals surface area contributed by atoms with Crippen LogP contribution in [0.2, 0.25) is 0 Å². The fraction of sp³-hybridized carbons (Fsp3) is 0.357. The molecule has 0 aliphatic carbocycles. The summed E-state index contributed by atoms with van der Waals surface area (Å²) in [6.07, 6.45) is 0.